The van der Waals surface area contributed by atoms with E-state index in [0.717, 1.165) is 49.0 Å². The molecule has 0 N–H and O–H groups in total. The fraction of sp³-hybridized carbons (Fsp3) is 0.400. The van der Waals surface area contributed by atoms with E-state index in [1.807, 2.05) is 36.1 Å². The number of rotatable bonds is 6. The van der Waals surface area contributed by atoms with Crippen molar-refractivity contribution >= 4 is 23.3 Å². The van der Waals surface area contributed by atoms with Gasteiger partial charge in [-0.3, -0.25) is 9.69 Å². The number of thiazole rings is 1. The SMILES string of the molecule is COc1ccc(/C=C/C(=O)N2CCN(Cc3csc(C)n3)CC2)cc1OC. The predicted octanol–water partition coefficient (Wildman–Crippen LogP) is 2.83. The van der Waals surface area contributed by atoms with Crippen LogP contribution in [0.4, 0.5) is 0 Å². The smallest absolute Gasteiger partial charge is 0.246 e. The molecule has 3 rings (SSSR count). The molecule has 0 atom stereocenters. The fourth-order valence-corrected chi connectivity index (χ4v) is 3.67. The van der Waals surface area contributed by atoms with E-state index in [1.165, 1.54) is 0 Å². The number of ether oxygens (including phenoxy) is 2. The van der Waals surface area contributed by atoms with Gasteiger partial charge in [0, 0.05) is 44.2 Å². The molecule has 1 fully saturated rings. The Morgan fingerprint density at radius 1 is 1.19 bits per heavy atom. The average Bonchev–Trinajstić information content (AvgIpc) is 3.11. The van der Waals surface area contributed by atoms with E-state index in [-0.39, 0.29) is 5.91 Å². The third-order valence-corrected chi connectivity index (χ3v) is 5.38. The van der Waals surface area contributed by atoms with E-state index in [1.54, 1.807) is 31.6 Å². The molecule has 0 spiro atoms. The molecule has 2 aromatic rings. The molecule has 0 saturated carbocycles. The second-order valence-electron chi connectivity index (χ2n) is 6.41. The normalized spacial score (nSPS) is 15.3. The van der Waals surface area contributed by atoms with Crippen LogP contribution in [0.5, 0.6) is 11.5 Å². The zero-order valence-corrected chi connectivity index (χ0v) is 16.8. The summed E-state index contributed by atoms with van der Waals surface area (Å²) in [6.45, 7) is 6.08. The molecule has 2 heterocycles. The van der Waals surface area contributed by atoms with Crippen molar-refractivity contribution in [3.63, 3.8) is 0 Å². The highest BCUT2D eigenvalue weighted by Gasteiger charge is 2.20. The quantitative estimate of drug-likeness (QED) is 0.714. The third kappa shape index (κ3) is 5.08. The first-order chi connectivity index (χ1) is 13.1. The van der Waals surface area contributed by atoms with Crippen molar-refractivity contribution in [3.8, 4) is 11.5 Å². The highest BCUT2D eigenvalue weighted by Crippen LogP contribution is 2.28. The van der Waals surface area contributed by atoms with Crippen molar-refractivity contribution in [1.29, 1.82) is 0 Å². The van der Waals surface area contributed by atoms with Gasteiger partial charge in [-0.05, 0) is 30.7 Å². The Hall–Kier alpha value is -2.38. The van der Waals surface area contributed by atoms with Crippen molar-refractivity contribution in [2.75, 3.05) is 40.4 Å². The van der Waals surface area contributed by atoms with E-state index >= 15 is 0 Å². The molecule has 0 bridgehead atoms. The summed E-state index contributed by atoms with van der Waals surface area (Å²) in [6.07, 6.45) is 3.44. The van der Waals surface area contributed by atoms with Gasteiger partial charge in [0.2, 0.25) is 5.91 Å². The van der Waals surface area contributed by atoms with E-state index in [4.69, 9.17) is 9.47 Å². The van der Waals surface area contributed by atoms with Gasteiger partial charge in [0.05, 0.1) is 24.9 Å². The minimum absolute atomic E-state index is 0.0361. The predicted molar refractivity (Wildman–Crippen MR) is 107 cm³/mol. The minimum Gasteiger partial charge on any atom is -0.493 e. The van der Waals surface area contributed by atoms with Gasteiger partial charge in [0.15, 0.2) is 11.5 Å². The van der Waals surface area contributed by atoms with Crippen molar-refractivity contribution in [3.05, 3.63) is 45.9 Å². The van der Waals surface area contributed by atoms with Gasteiger partial charge in [-0.2, -0.15) is 0 Å². The number of carbonyl (C=O) groups excluding carboxylic acids is 1. The lowest BCUT2D eigenvalue weighted by atomic mass is 10.2. The van der Waals surface area contributed by atoms with Gasteiger partial charge >= 0.3 is 0 Å². The molecular weight excluding hydrogens is 362 g/mol. The molecule has 1 amide bonds. The van der Waals surface area contributed by atoms with Crippen LogP contribution in [0.2, 0.25) is 0 Å². The largest absolute Gasteiger partial charge is 0.493 e. The van der Waals surface area contributed by atoms with Crippen LogP contribution in [0.25, 0.3) is 6.08 Å². The lowest BCUT2D eigenvalue weighted by Crippen LogP contribution is -2.47. The summed E-state index contributed by atoms with van der Waals surface area (Å²) in [4.78, 5) is 21.2. The maximum absolute atomic E-state index is 12.5. The molecule has 1 aliphatic heterocycles. The van der Waals surface area contributed by atoms with Crippen LogP contribution >= 0.6 is 11.3 Å². The van der Waals surface area contributed by atoms with Crippen molar-refractivity contribution in [2.24, 2.45) is 0 Å². The Labute approximate surface area is 164 Å². The van der Waals surface area contributed by atoms with Crippen LogP contribution in [-0.4, -0.2) is 61.1 Å². The van der Waals surface area contributed by atoms with Crippen LogP contribution in [0.1, 0.15) is 16.3 Å². The first-order valence-corrected chi connectivity index (χ1v) is 9.79. The average molecular weight is 388 g/mol. The summed E-state index contributed by atoms with van der Waals surface area (Å²) in [5.74, 6) is 1.36. The Bertz CT molecular complexity index is 811. The second-order valence-corrected chi connectivity index (χ2v) is 7.47. The molecule has 1 saturated heterocycles. The number of carbonyl (C=O) groups is 1. The van der Waals surface area contributed by atoms with Gasteiger partial charge in [0.25, 0.3) is 0 Å². The highest BCUT2D eigenvalue weighted by atomic mass is 32.1. The first-order valence-electron chi connectivity index (χ1n) is 8.91. The van der Waals surface area contributed by atoms with Gasteiger partial charge < -0.3 is 14.4 Å². The minimum atomic E-state index is 0.0361. The fourth-order valence-electron chi connectivity index (χ4n) is 3.07. The zero-order valence-electron chi connectivity index (χ0n) is 16.0. The molecular formula is C20H25N3O3S. The Kier molecular flexibility index (Phi) is 6.47. The monoisotopic (exact) mass is 387 g/mol. The highest BCUT2D eigenvalue weighted by molar-refractivity contribution is 7.09. The number of methoxy groups -OCH3 is 2. The molecule has 7 heteroatoms. The van der Waals surface area contributed by atoms with Crippen LogP contribution < -0.4 is 9.47 Å². The molecule has 0 unspecified atom stereocenters. The summed E-state index contributed by atoms with van der Waals surface area (Å²) in [5.41, 5.74) is 2.02. The topological polar surface area (TPSA) is 54.9 Å². The van der Waals surface area contributed by atoms with Crippen LogP contribution in [0.3, 0.4) is 0 Å². The van der Waals surface area contributed by atoms with Gasteiger partial charge in [-0.25, -0.2) is 4.98 Å². The number of hydrogen-bond donors (Lipinski definition) is 0. The van der Waals surface area contributed by atoms with E-state index in [0.29, 0.717) is 11.5 Å². The van der Waals surface area contributed by atoms with Gasteiger partial charge in [-0.1, -0.05) is 6.07 Å². The molecule has 0 aliphatic carbocycles. The van der Waals surface area contributed by atoms with E-state index in [9.17, 15) is 4.79 Å². The first kappa shape index (κ1) is 19.4. The van der Waals surface area contributed by atoms with Crippen LogP contribution in [0.15, 0.2) is 29.7 Å². The lowest BCUT2D eigenvalue weighted by molar-refractivity contribution is -0.127. The zero-order chi connectivity index (χ0) is 19.2. The van der Waals surface area contributed by atoms with Gasteiger partial charge in [0.1, 0.15) is 0 Å². The van der Waals surface area contributed by atoms with Crippen molar-refractivity contribution in [1.82, 2.24) is 14.8 Å². The van der Waals surface area contributed by atoms with Gasteiger partial charge in [-0.15, -0.1) is 11.3 Å². The molecule has 1 aliphatic rings. The summed E-state index contributed by atoms with van der Waals surface area (Å²) >= 11 is 1.68. The maximum atomic E-state index is 12.5. The number of piperazine rings is 1. The molecule has 1 aromatic heterocycles. The summed E-state index contributed by atoms with van der Waals surface area (Å²) < 4.78 is 10.5. The van der Waals surface area contributed by atoms with E-state index in [2.05, 4.69) is 15.3 Å². The Balaban J connectivity index is 1.52. The third-order valence-electron chi connectivity index (χ3n) is 4.56. The molecule has 1 aromatic carbocycles. The summed E-state index contributed by atoms with van der Waals surface area (Å²) in [5, 5.41) is 3.21. The summed E-state index contributed by atoms with van der Waals surface area (Å²) in [7, 11) is 3.20. The second kappa shape index (κ2) is 9.01. The van der Waals surface area contributed by atoms with Crippen LogP contribution in [-0.2, 0) is 11.3 Å². The Morgan fingerprint density at radius 3 is 2.56 bits per heavy atom. The summed E-state index contributed by atoms with van der Waals surface area (Å²) in [6, 6.07) is 5.59. The Morgan fingerprint density at radius 2 is 1.93 bits per heavy atom. The van der Waals surface area contributed by atoms with Crippen molar-refractivity contribution < 1.29 is 14.3 Å². The van der Waals surface area contributed by atoms with Crippen LogP contribution in [0, 0.1) is 6.92 Å². The number of amides is 1. The number of hydrogen-bond acceptors (Lipinski definition) is 6. The molecule has 144 valence electrons. The molecule has 6 nitrogen and oxygen atoms in total. The molecule has 27 heavy (non-hydrogen) atoms. The number of benzene rings is 1. The number of aromatic nitrogens is 1. The molecule has 0 radical (unpaired) electrons. The number of aryl methyl sites for hydroxylation is 1. The number of nitrogens with zero attached hydrogens (tertiary/aromatic N) is 3. The maximum Gasteiger partial charge on any atom is 0.246 e. The lowest BCUT2D eigenvalue weighted by Gasteiger charge is -2.33. The standard InChI is InChI=1S/C20H25N3O3S/c1-15-21-17(14-27-15)13-22-8-10-23(11-9-22)20(24)7-5-16-4-6-18(25-2)19(12-16)26-3/h4-7,12,14H,8-11,13H2,1-3H3/b7-5+. The van der Waals surface area contributed by atoms with Crippen molar-refractivity contribution in [2.45, 2.75) is 13.5 Å². The van der Waals surface area contributed by atoms with E-state index < -0.39 is 0 Å².